The average Bonchev–Trinajstić information content (AvgIpc) is 3.01. The first-order valence-corrected chi connectivity index (χ1v) is 7.26. The van der Waals surface area contributed by atoms with Crippen molar-refractivity contribution in [2.45, 2.75) is 38.5 Å². The Morgan fingerprint density at radius 2 is 1.89 bits per heavy atom. The summed E-state index contributed by atoms with van der Waals surface area (Å²) in [6.45, 7) is 0. The molecule has 0 atom stereocenters. The van der Waals surface area contributed by atoms with Crippen molar-refractivity contribution in [2.24, 2.45) is 5.92 Å². The topological polar surface area (TPSA) is 17.1 Å². The minimum atomic E-state index is -0.432. The van der Waals surface area contributed by atoms with Crippen LogP contribution in [0.5, 0.6) is 0 Å². The van der Waals surface area contributed by atoms with Crippen LogP contribution < -0.4 is 0 Å². The molecule has 1 saturated carbocycles. The van der Waals surface area contributed by atoms with E-state index in [1.165, 1.54) is 37.3 Å². The van der Waals surface area contributed by atoms with Crippen molar-refractivity contribution in [1.29, 1.82) is 0 Å². The van der Waals surface area contributed by atoms with Crippen LogP contribution in [0.15, 0.2) is 23.8 Å². The lowest BCUT2D eigenvalue weighted by Crippen LogP contribution is -2.01. The minimum Gasteiger partial charge on any atom is -0.294 e. The standard InChI is InChI=1S/C16H16ClFO/c17-13-9-11(5-7-14(13)18)16-12(6-8-15(16)19)10-3-1-2-4-10/h5,7,9-10H,1-4,6,8H2. The minimum absolute atomic E-state index is 0.0930. The molecule has 1 aromatic rings. The Hall–Kier alpha value is -1.15. The van der Waals surface area contributed by atoms with Gasteiger partial charge >= 0.3 is 0 Å². The Bertz CT molecular complexity index is 556. The summed E-state index contributed by atoms with van der Waals surface area (Å²) in [5.74, 6) is 0.300. The lowest BCUT2D eigenvalue weighted by Gasteiger charge is -2.13. The number of Topliss-reactive ketones (excluding diaryl/α,β-unsaturated/α-hetero) is 1. The van der Waals surface area contributed by atoms with Crippen LogP contribution in [0.1, 0.15) is 44.1 Å². The highest BCUT2D eigenvalue weighted by atomic mass is 35.5. The highest BCUT2D eigenvalue weighted by Crippen LogP contribution is 2.42. The van der Waals surface area contributed by atoms with Crippen LogP contribution in [-0.4, -0.2) is 5.78 Å². The van der Waals surface area contributed by atoms with Crippen LogP contribution in [-0.2, 0) is 4.79 Å². The number of carbonyl (C=O) groups excluding carboxylic acids is 1. The summed E-state index contributed by atoms with van der Waals surface area (Å²) in [5, 5.41) is 0.0930. The fourth-order valence-electron chi connectivity index (χ4n) is 3.36. The van der Waals surface area contributed by atoms with Crippen LogP contribution in [0.2, 0.25) is 5.02 Å². The quantitative estimate of drug-likeness (QED) is 0.760. The van der Waals surface area contributed by atoms with Gasteiger partial charge in [0, 0.05) is 12.0 Å². The van der Waals surface area contributed by atoms with Gasteiger partial charge in [-0.3, -0.25) is 4.79 Å². The smallest absolute Gasteiger partial charge is 0.163 e. The van der Waals surface area contributed by atoms with Crippen LogP contribution in [0.25, 0.3) is 5.57 Å². The lowest BCUT2D eigenvalue weighted by atomic mass is 9.91. The molecule has 0 unspecified atom stereocenters. The molecule has 0 bridgehead atoms. The summed E-state index contributed by atoms with van der Waals surface area (Å²) >= 11 is 5.84. The molecule has 100 valence electrons. The molecule has 1 nitrogen and oxygen atoms in total. The molecule has 2 aliphatic rings. The van der Waals surface area contributed by atoms with Crippen molar-refractivity contribution in [1.82, 2.24) is 0 Å². The van der Waals surface area contributed by atoms with Crippen LogP contribution in [0.3, 0.4) is 0 Å². The number of rotatable bonds is 2. The Morgan fingerprint density at radius 3 is 2.58 bits per heavy atom. The highest BCUT2D eigenvalue weighted by molar-refractivity contribution is 6.31. The molecule has 0 aliphatic heterocycles. The fraction of sp³-hybridized carbons (Fsp3) is 0.438. The monoisotopic (exact) mass is 278 g/mol. The Labute approximate surface area is 117 Å². The molecule has 3 rings (SSSR count). The third kappa shape index (κ3) is 2.34. The maximum atomic E-state index is 13.2. The van der Waals surface area contributed by atoms with Crippen molar-refractivity contribution in [2.75, 3.05) is 0 Å². The van der Waals surface area contributed by atoms with E-state index in [0.29, 0.717) is 12.3 Å². The van der Waals surface area contributed by atoms with Crippen molar-refractivity contribution < 1.29 is 9.18 Å². The maximum Gasteiger partial charge on any atom is 0.163 e. The predicted octanol–water partition coefficient (Wildman–Crippen LogP) is 4.79. The molecular weight excluding hydrogens is 263 g/mol. The van der Waals surface area contributed by atoms with Gasteiger partial charge in [0.1, 0.15) is 5.82 Å². The second-order valence-corrected chi connectivity index (χ2v) is 5.84. The van der Waals surface area contributed by atoms with E-state index in [2.05, 4.69) is 0 Å². The summed E-state index contributed by atoms with van der Waals surface area (Å²) in [6, 6.07) is 4.61. The van der Waals surface area contributed by atoms with E-state index >= 15 is 0 Å². The Balaban J connectivity index is 2.05. The van der Waals surface area contributed by atoms with Gasteiger partial charge in [-0.2, -0.15) is 0 Å². The predicted molar refractivity (Wildman–Crippen MR) is 74.5 cm³/mol. The van der Waals surface area contributed by atoms with Gasteiger partial charge in [0.25, 0.3) is 0 Å². The zero-order chi connectivity index (χ0) is 13.4. The molecule has 2 aliphatic carbocycles. The average molecular weight is 279 g/mol. The molecule has 0 spiro atoms. The first-order valence-electron chi connectivity index (χ1n) is 6.88. The molecule has 0 heterocycles. The van der Waals surface area contributed by atoms with E-state index in [4.69, 9.17) is 11.6 Å². The summed E-state index contributed by atoms with van der Waals surface area (Å²) in [4.78, 5) is 12.1. The summed E-state index contributed by atoms with van der Waals surface area (Å²) in [6.07, 6.45) is 6.33. The largest absolute Gasteiger partial charge is 0.294 e. The lowest BCUT2D eigenvalue weighted by molar-refractivity contribution is -0.113. The molecule has 1 aromatic carbocycles. The first-order chi connectivity index (χ1) is 9.16. The van der Waals surface area contributed by atoms with Gasteiger partial charge in [-0.1, -0.05) is 36.1 Å². The van der Waals surface area contributed by atoms with E-state index in [-0.39, 0.29) is 10.8 Å². The first kappa shape index (κ1) is 12.9. The van der Waals surface area contributed by atoms with Crippen molar-refractivity contribution in [3.8, 4) is 0 Å². The molecule has 0 N–H and O–H groups in total. The van der Waals surface area contributed by atoms with Crippen LogP contribution >= 0.6 is 11.6 Å². The molecule has 0 saturated heterocycles. The number of benzene rings is 1. The van der Waals surface area contributed by atoms with Crippen molar-refractivity contribution in [3.05, 3.63) is 40.2 Å². The molecule has 0 aromatic heterocycles. The zero-order valence-electron chi connectivity index (χ0n) is 10.7. The van der Waals surface area contributed by atoms with Gasteiger partial charge in [0.05, 0.1) is 5.02 Å². The van der Waals surface area contributed by atoms with Gasteiger partial charge in [-0.25, -0.2) is 4.39 Å². The number of allylic oxidation sites excluding steroid dienone is 2. The molecule has 0 radical (unpaired) electrons. The molecule has 19 heavy (non-hydrogen) atoms. The van der Waals surface area contributed by atoms with Gasteiger partial charge in [0.2, 0.25) is 0 Å². The van der Waals surface area contributed by atoms with E-state index in [9.17, 15) is 9.18 Å². The van der Waals surface area contributed by atoms with E-state index in [1.54, 1.807) is 12.1 Å². The van der Waals surface area contributed by atoms with Crippen molar-refractivity contribution in [3.63, 3.8) is 0 Å². The third-order valence-corrected chi connectivity index (χ3v) is 4.57. The molecule has 0 amide bonds. The number of hydrogen-bond acceptors (Lipinski definition) is 1. The zero-order valence-corrected chi connectivity index (χ0v) is 11.5. The number of ketones is 1. The second kappa shape index (κ2) is 5.09. The molecule has 3 heteroatoms. The number of halogens is 2. The third-order valence-electron chi connectivity index (χ3n) is 4.28. The van der Waals surface area contributed by atoms with E-state index in [1.807, 2.05) is 0 Å². The SMILES string of the molecule is O=C1CCC(C2CCCC2)=C1c1ccc(F)c(Cl)c1. The van der Waals surface area contributed by atoms with Crippen LogP contribution in [0.4, 0.5) is 4.39 Å². The van der Waals surface area contributed by atoms with Crippen molar-refractivity contribution >= 4 is 23.0 Å². The molecule has 1 fully saturated rings. The Morgan fingerprint density at radius 1 is 1.16 bits per heavy atom. The van der Waals surface area contributed by atoms with Gasteiger partial charge < -0.3 is 0 Å². The van der Waals surface area contributed by atoms with Gasteiger partial charge in [-0.05, 0) is 42.9 Å². The molecular formula is C16H16ClFO. The highest BCUT2D eigenvalue weighted by Gasteiger charge is 2.30. The fourth-order valence-corrected chi connectivity index (χ4v) is 3.54. The normalized spacial score (nSPS) is 20.6. The number of hydrogen-bond donors (Lipinski definition) is 0. The summed E-state index contributed by atoms with van der Waals surface area (Å²) in [7, 11) is 0. The van der Waals surface area contributed by atoms with Gasteiger partial charge in [-0.15, -0.1) is 0 Å². The van der Waals surface area contributed by atoms with Crippen LogP contribution in [0, 0.1) is 11.7 Å². The summed E-state index contributed by atoms with van der Waals surface area (Å²) in [5.41, 5.74) is 2.88. The number of carbonyl (C=O) groups is 1. The maximum absolute atomic E-state index is 13.2. The van der Waals surface area contributed by atoms with E-state index < -0.39 is 5.82 Å². The second-order valence-electron chi connectivity index (χ2n) is 5.43. The Kier molecular flexibility index (Phi) is 3.44. The van der Waals surface area contributed by atoms with Gasteiger partial charge in [0.15, 0.2) is 5.78 Å². The summed E-state index contributed by atoms with van der Waals surface area (Å²) < 4.78 is 13.2. The van der Waals surface area contributed by atoms with E-state index in [0.717, 1.165) is 17.6 Å².